The van der Waals surface area contributed by atoms with Crippen LogP contribution in [0.5, 0.6) is 0 Å². The summed E-state index contributed by atoms with van der Waals surface area (Å²) in [6.07, 6.45) is 0. The van der Waals surface area contributed by atoms with Gasteiger partial charge in [0.25, 0.3) is 0 Å². The fraction of sp³-hybridized carbons (Fsp3) is 0.429. The van der Waals surface area contributed by atoms with Crippen LogP contribution in [0.25, 0.3) is 0 Å². The molecule has 1 atom stereocenters. The van der Waals surface area contributed by atoms with Crippen LogP contribution in [0.15, 0.2) is 18.2 Å². The quantitative estimate of drug-likeness (QED) is 0.771. The number of hydrogen-bond acceptors (Lipinski definition) is 3. The summed E-state index contributed by atoms with van der Waals surface area (Å²) in [6, 6.07) is 4.60. The van der Waals surface area contributed by atoms with E-state index in [-0.39, 0.29) is 36.7 Å². The first-order chi connectivity index (χ1) is 9.31. The third kappa shape index (κ3) is 6.33. The highest BCUT2D eigenvalue weighted by atomic mass is 35.5. The van der Waals surface area contributed by atoms with Gasteiger partial charge in [-0.2, -0.15) is 0 Å². The molecule has 0 aliphatic rings. The molecule has 0 unspecified atom stereocenters. The van der Waals surface area contributed by atoms with Gasteiger partial charge in [-0.3, -0.25) is 9.59 Å². The summed E-state index contributed by atoms with van der Waals surface area (Å²) >= 11 is 5.87. The summed E-state index contributed by atoms with van der Waals surface area (Å²) in [5, 5.41) is 5.74. The molecule has 0 bridgehead atoms. The Balaban J connectivity index is 0.00000400. The molecule has 7 heteroatoms. The lowest BCUT2D eigenvalue weighted by atomic mass is 10.1. The first kappa shape index (κ1) is 19.7. The molecule has 0 heterocycles. The zero-order chi connectivity index (χ0) is 15.3. The number of amides is 2. The summed E-state index contributed by atoms with van der Waals surface area (Å²) < 4.78 is 0. The molecule has 21 heavy (non-hydrogen) atoms. The summed E-state index contributed by atoms with van der Waals surface area (Å²) in [5.74, 6) is -0.633. The molecular weight excluding hydrogens is 313 g/mol. The Morgan fingerprint density at radius 1 is 1.33 bits per heavy atom. The monoisotopic (exact) mass is 333 g/mol. The number of anilines is 1. The van der Waals surface area contributed by atoms with Crippen LogP contribution in [0.2, 0.25) is 5.02 Å². The van der Waals surface area contributed by atoms with Crippen molar-refractivity contribution in [1.82, 2.24) is 5.32 Å². The molecule has 0 aliphatic heterocycles. The fourth-order valence-corrected chi connectivity index (χ4v) is 1.68. The van der Waals surface area contributed by atoms with E-state index in [1.165, 1.54) is 0 Å². The summed E-state index contributed by atoms with van der Waals surface area (Å²) in [7, 11) is 0. The Hall–Kier alpha value is -1.30. The molecule has 0 radical (unpaired) electrons. The molecule has 0 spiro atoms. The van der Waals surface area contributed by atoms with Crippen molar-refractivity contribution in [1.29, 1.82) is 0 Å². The van der Waals surface area contributed by atoms with E-state index in [1.54, 1.807) is 12.1 Å². The van der Waals surface area contributed by atoms with E-state index in [1.807, 2.05) is 26.8 Å². The fourth-order valence-electron chi connectivity index (χ4n) is 1.51. The summed E-state index contributed by atoms with van der Waals surface area (Å²) in [6.45, 7) is 5.43. The Labute approximate surface area is 136 Å². The highest BCUT2D eigenvalue weighted by Crippen LogP contribution is 2.19. The largest absolute Gasteiger partial charge is 0.346 e. The van der Waals surface area contributed by atoms with E-state index in [4.69, 9.17) is 17.3 Å². The zero-order valence-corrected chi connectivity index (χ0v) is 13.8. The molecule has 1 rings (SSSR count). The average molecular weight is 334 g/mol. The number of benzene rings is 1. The molecule has 5 nitrogen and oxygen atoms in total. The van der Waals surface area contributed by atoms with Crippen molar-refractivity contribution in [3.63, 3.8) is 0 Å². The van der Waals surface area contributed by atoms with Gasteiger partial charge in [0.15, 0.2) is 0 Å². The van der Waals surface area contributed by atoms with E-state index < -0.39 is 6.04 Å². The first-order valence-electron chi connectivity index (χ1n) is 6.40. The van der Waals surface area contributed by atoms with E-state index in [0.29, 0.717) is 10.7 Å². The van der Waals surface area contributed by atoms with Crippen molar-refractivity contribution >= 4 is 41.5 Å². The minimum atomic E-state index is -0.615. The second-order valence-corrected chi connectivity index (χ2v) is 5.43. The molecule has 0 aromatic heterocycles. The Morgan fingerprint density at radius 3 is 2.52 bits per heavy atom. The lowest BCUT2D eigenvalue weighted by Gasteiger charge is -2.15. The Morgan fingerprint density at radius 2 is 1.95 bits per heavy atom. The van der Waals surface area contributed by atoms with Crippen molar-refractivity contribution < 1.29 is 9.59 Å². The van der Waals surface area contributed by atoms with Gasteiger partial charge < -0.3 is 16.4 Å². The minimum Gasteiger partial charge on any atom is -0.346 e. The molecule has 0 saturated carbocycles. The van der Waals surface area contributed by atoms with Crippen LogP contribution in [0.3, 0.4) is 0 Å². The standard InChI is InChI=1S/C14H20ClN3O2.ClH/c1-8(2)13(16)14(20)17-7-12(19)18-11-6-10(15)5-4-9(11)3;/h4-6,8,13H,7,16H2,1-3H3,(H,17,20)(H,18,19);1H/t13-;/m0./s1. The van der Waals surface area contributed by atoms with Gasteiger partial charge in [-0.05, 0) is 30.5 Å². The first-order valence-corrected chi connectivity index (χ1v) is 6.78. The number of hydrogen-bond donors (Lipinski definition) is 3. The van der Waals surface area contributed by atoms with Crippen molar-refractivity contribution in [2.45, 2.75) is 26.8 Å². The van der Waals surface area contributed by atoms with Crippen LogP contribution in [0.1, 0.15) is 19.4 Å². The van der Waals surface area contributed by atoms with Gasteiger partial charge in [-0.15, -0.1) is 12.4 Å². The zero-order valence-electron chi connectivity index (χ0n) is 12.3. The van der Waals surface area contributed by atoms with Gasteiger partial charge in [-0.1, -0.05) is 31.5 Å². The Bertz CT molecular complexity index is 507. The highest BCUT2D eigenvalue weighted by molar-refractivity contribution is 6.31. The van der Waals surface area contributed by atoms with Gasteiger partial charge >= 0.3 is 0 Å². The molecule has 0 aliphatic carbocycles. The predicted octanol–water partition coefficient (Wildman–Crippen LogP) is 2.11. The van der Waals surface area contributed by atoms with Crippen LogP contribution >= 0.6 is 24.0 Å². The van der Waals surface area contributed by atoms with Gasteiger partial charge in [0.2, 0.25) is 11.8 Å². The average Bonchev–Trinajstić information content (AvgIpc) is 2.39. The van der Waals surface area contributed by atoms with Gasteiger partial charge in [0, 0.05) is 10.7 Å². The maximum Gasteiger partial charge on any atom is 0.243 e. The van der Waals surface area contributed by atoms with Crippen LogP contribution in [-0.4, -0.2) is 24.4 Å². The second kappa shape index (κ2) is 8.87. The van der Waals surface area contributed by atoms with E-state index >= 15 is 0 Å². The number of rotatable bonds is 5. The molecule has 2 amide bonds. The van der Waals surface area contributed by atoms with E-state index in [9.17, 15) is 9.59 Å². The number of carbonyl (C=O) groups excluding carboxylic acids is 2. The number of nitrogens with two attached hydrogens (primary N) is 1. The number of halogens is 2. The Kier molecular flexibility index (Phi) is 8.32. The number of carbonyl (C=O) groups is 2. The number of nitrogens with one attached hydrogen (secondary N) is 2. The van der Waals surface area contributed by atoms with Crippen LogP contribution in [0, 0.1) is 12.8 Å². The second-order valence-electron chi connectivity index (χ2n) is 5.00. The molecule has 118 valence electrons. The molecule has 1 aromatic rings. The van der Waals surface area contributed by atoms with Crippen molar-refractivity contribution in [3.05, 3.63) is 28.8 Å². The molecule has 0 fully saturated rings. The lowest BCUT2D eigenvalue weighted by Crippen LogP contribution is -2.46. The van der Waals surface area contributed by atoms with Gasteiger partial charge in [0.05, 0.1) is 12.6 Å². The van der Waals surface area contributed by atoms with E-state index in [2.05, 4.69) is 10.6 Å². The van der Waals surface area contributed by atoms with Crippen molar-refractivity contribution in [3.8, 4) is 0 Å². The normalized spacial score (nSPS) is 11.5. The maximum absolute atomic E-state index is 11.8. The van der Waals surface area contributed by atoms with Crippen LogP contribution < -0.4 is 16.4 Å². The van der Waals surface area contributed by atoms with Crippen molar-refractivity contribution in [2.75, 3.05) is 11.9 Å². The highest BCUT2D eigenvalue weighted by Gasteiger charge is 2.17. The van der Waals surface area contributed by atoms with Crippen molar-refractivity contribution in [2.24, 2.45) is 11.7 Å². The van der Waals surface area contributed by atoms with E-state index in [0.717, 1.165) is 5.56 Å². The topological polar surface area (TPSA) is 84.2 Å². The molecule has 4 N–H and O–H groups in total. The third-order valence-corrected chi connectivity index (χ3v) is 3.15. The molecular formula is C14H21Cl2N3O2. The maximum atomic E-state index is 11.8. The van der Waals surface area contributed by atoms with Crippen LogP contribution in [0.4, 0.5) is 5.69 Å². The summed E-state index contributed by atoms with van der Waals surface area (Å²) in [5.41, 5.74) is 7.21. The van der Waals surface area contributed by atoms with Gasteiger partial charge in [0.1, 0.15) is 0 Å². The molecule has 1 aromatic carbocycles. The predicted molar refractivity (Wildman–Crippen MR) is 87.9 cm³/mol. The molecule has 0 saturated heterocycles. The summed E-state index contributed by atoms with van der Waals surface area (Å²) in [4.78, 5) is 23.4. The minimum absolute atomic E-state index is 0. The lowest BCUT2D eigenvalue weighted by molar-refractivity contribution is -0.125. The SMILES string of the molecule is Cc1ccc(Cl)cc1NC(=O)CNC(=O)[C@@H](N)C(C)C.Cl. The van der Waals surface area contributed by atoms with Crippen LogP contribution in [-0.2, 0) is 9.59 Å². The third-order valence-electron chi connectivity index (χ3n) is 2.92. The number of aryl methyl sites for hydroxylation is 1. The smallest absolute Gasteiger partial charge is 0.243 e. The van der Waals surface area contributed by atoms with Gasteiger partial charge in [-0.25, -0.2) is 0 Å².